The summed E-state index contributed by atoms with van der Waals surface area (Å²) in [5.41, 5.74) is 2.27. The zero-order chi connectivity index (χ0) is 21.4. The summed E-state index contributed by atoms with van der Waals surface area (Å²) in [5, 5.41) is 5.65. The van der Waals surface area contributed by atoms with Gasteiger partial charge in [0, 0.05) is 18.3 Å². The molecule has 3 amide bonds. The molecule has 2 aromatic rings. The molecule has 0 aliphatic heterocycles. The van der Waals surface area contributed by atoms with E-state index >= 15 is 0 Å². The number of para-hydroxylation sites is 1. The summed E-state index contributed by atoms with van der Waals surface area (Å²) in [7, 11) is 1.57. The number of anilines is 1. The van der Waals surface area contributed by atoms with Crippen LogP contribution in [0.3, 0.4) is 0 Å². The monoisotopic (exact) mass is 395 g/mol. The molecule has 6 heteroatoms. The fraction of sp³-hybridized carbons (Fsp3) is 0.348. The largest absolute Gasteiger partial charge is 0.340 e. The number of carbonyl (C=O) groups is 3. The van der Waals surface area contributed by atoms with Crippen LogP contribution in [0.5, 0.6) is 0 Å². The van der Waals surface area contributed by atoms with Gasteiger partial charge in [-0.1, -0.05) is 57.2 Å². The fourth-order valence-electron chi connectivity index (χ4n) is 3.00. The Labute approximate surface area is 172 Å². The molecule has 0 spiro atoms. The molecule has 1 unspecified atom stereocenters. The average Bonchev–Trinajstić information content (AvgIpc) is 2.72. The van der Waals surface area contributed by atoms with E-state index in [1.54, 1.807) is 31.3 Å². The highest BCUT2D eigenvalue weighted by Gasteiger charge is 2.28. The number of hydrogen-bond donors (Lipinski definition) is 2. The summed E-state index contributed by atoms with van der Waals surface area (Å²) < 4.78 is 0. The fourth-order valence-corrected chi connectivity index (χ4v) is 3.00. The lowest BCUT2D eigenvalue weighted by atomic mass is 10.0. The number of hydrogen-bond acceptors (Lipinski definition) is 3. The molecule has 1 atom stereocenters. The third-order valence-electron chi connectivity index (χ3n) is 4.68. The van der Waals surface area contributed by atoms with Crippen molar-refractivity contribution >= 4 is 23.4 Å². The predicted octanol–water partition coefficient (Wildman–Crippen LogP) is 3.10. The third kappa shape index (κ3) is 6.17. The van der Waals surface area contributed by atoms with Crippen LogP contribution in [0.4, 0.5) is 5.69 Å². The first-order valence-corrected chi connectivity index (χ1v) is 9.82. The second-order valence-corrected chi connectivity index (χ2v) is 7.31. The first-order valence-electron chi connectivity index (χ1n) is 9.82. The summed E-state index contributed by atoms with van der Waals surface area (Å²) in [6, 6.07) is 15.6. The van der Waals surface area contributed by atoms with E-state index in [0.717, 1.165) is 17.7 Å². The van der Waals surface area contributed by atoms with Crippen LogP contribution in [-0.4, -0.2) is 42.3 Å². The molecule has 0 aliphatic rings. The second-order valence-electron chi connectivity index (χ2n) is 7.31. The summed E-state index contributed by atoms with van der Waals surface area (Å²) in [4.78, 5) is 39.1. The van der Waals surface area contributed by atoms with Crippen LogP contribution in [-0.2, 0) is 16.0 Å². The van der Waals surface area contributed by atoms with Crippen LogP contribution in [0, 0.1) is 5.92 Å². The number of likely N-dealkylation sites (N-methyl/N-ethyl adjacent to an activating group) is 1. The van der Waals surface area contributed by atoms with E-state index in [1.165, 1.54) is 4.90 Å². The van der Waals surface area contributed by atoms with Crippen molar-refractivity contribution in [2.75, 3.05) is 18.9 Å². The number of aryl methyl sites for hydroxylation is 1. The zero-order valence-corrected chi connectivity index (χ0v) is 17.4. The van der Waals surface area contributed by atoms with E-state index in [0.29, 0.717) is 5.56 Å². The van der Waals surface area contributed by atoms with Gasteiger partial charge in [-0.2, -0.15) is 0 Å². The van der Waals surface area contributed by atoms with E-state index < -0.39 is 6.04 Å². The Balaban J connectivity index is 2.01. The van der Waals surface area contributed by atoms with E-state index in [1.807, 2.05) is 51.1 Å². The molecular weight excluding hydrogens is 366 g/mol. The van der Waals surface area contributed by atoms with Crippen molar-refractivity contribution in [2.24, 2.45) is 5.92 Å². The van der Waals surface area contributed by atoms with Crippen molar-refractivity contribution in [3.63, 3.8) is 0 Å². The highest BCUT2D eigenvalue weighted by Crippen LogP contribution is 2.15. The summed E-state index contributed by atoms with van der Waals surface area (Å²) >= 11 is 0. The number of benzene rings is 2. The average molecular weight is 396 g/mol. The minimum Gasteiger partial charge on any atom is -0.340 e. The smallest absolute Gasteiger partial charge is 0.251 e. The van der Waals surface area contributed by atoms with Crippen LogP contribution in [0.1, 0.15) is 36.7 Å². The van der Waals surface area contributed by atoms with Gasteiger partial charge in [-0.25, -0.2) is 0 Å². The summed E-state index contributed by atoms with van der Waals surface area (Å²) in [5.74, 6) is -1.02. The second kappa shape index (κ2) is 10.4. The number of carbonyl (C=O) groups excluding carboxylic acids is 3. The van der Waals surface area contributed by atoms with Gasteiger partial charge in [0.2, 0.25) is 11.8 Å². The molecule has 0 radical (unpaired) electrons. The maximum atomic E-state index is 12.9. The topological polar surface area (TPSA) is 78.5 Å². The molecule has 0 bridgehead atoms. The zero-order valence-electron chi connectivity index (χ0n) is 17.4. The van der Waals surface area contributed by atoms with Crippen LogP contribution < -0.4 is 10.6 Å². The Morgan fingerprint density at radius 3 is 2.21 bits per heavy atom. The molecule has 29 heavy (non-hydrogen) atoms. The normalized spacial score (nSPS) is 11.6. The number of amides is 3. The minimum absolute atomic E-state index is 0.0959. The molecule has 2 aromatic carbocycles. The van der Waals surface area contributed by atoms with E-state index in [2.05, 4.69) is 10.6 Å². The Hall–Kier alpha value is -3.15. The van der Waals surface area contributed by atoms with Crippen molar-refractivity contribution in [1.82, 2.24) is 10.2 Å². The van der Waals surface area contributed by atoms with Gasteiger partial charge in [0.05, 0.1) is 6.54 Å². The van der Waals surface area contributed by atoms with Crippen LogP contribution in [0.25, 0.3) is 0 Å². The van der Waals surface area contributed by atoms with Crippen LogP contribution in [0.15, 0.2) is 54.6 Å². The first-order chi connectivity index (χ1) is 13.8. The van der Waals surface area contributed by atoms with E-state index in [-0.39, 0.29) is 30.2 Å². The molecule has 0 heterocycles. The van der Waals surface area contributed by atoms with Gasteiger partial charge in [-0.15, -0.1) is 0 Å². The molecule has 6 nitrogen and oxygen atoms in total. The van der Waals surface area contributed by atoms with Gasteiger partial charge in [-0.3, -0.25) is 14.4 Å². The van der Waals surface area contributed by atoms with Crippen LogP contribution >= 0.6 is 0 Å². The van der Waals surface area contributed by atoms with Crippen molar-refractivity contribution in [2.45, 2.75) is 33.2 Å². The molecule has 0 fully saturated rings. The van der Waals surface area contributed by atoms with Crippen molar-refractivity contribution in [1.29, 1.82) is 0 Å². The molecule has 2 rings (SSSR count). The molecule has 2 N–H and O–H groups in total. The molecule has 0 saturated heterocycles. The lowest BCUT2D eigenvalue weighted by Gasteiger charge is -2.27. The quantitative estimate of drug-likeness (QED) is 0.721. The highest BCUT2D eigenvalue weighted by atomic mass is 16.2. The number of rotatable bonds is 8. The Bertz CT molecular complexity index is 849. The Morgan fingerprint density at radius 2 is 1.59 bits per heavy atom. The third-order valence-corrected chi connectivity index (χ3v) is 4.68. The molecule has 154 valence electrons. The molecular formula is C23H29N3O3. The van der Waals surface area contributed by atoms with Gasteiger partial charge in [0.25, 0.3) is 5.91 Å². The lowest BCUT2D eigenvalue weighted by molar-refractivity contribution is -0.135. The summed E-state index contributed by atoms with van der Waals surface area (Å²) in [6.45, 7) is 5.64. The highest BCUT2D eigenvalue weighted by molar-refractivity contribution is 5.99. The summed E-state index contributed by atoms with van der Waals surface area (Å²) in [6.07, 6.45) is 0.798. The van der Waals surface area contributed by atoms with Gasteiger partial charge in [0.1, 0.15) is 6.04 Å². The maximum absolute atomic E-state index is 12.9. The Kier molecular flexibility index (Phi) is 7.95. The standard InChI is InChI=1S/C23H29N3O3/c1-5-17-11-9-10-14-19(17)24-20(27)15-26(4)23(29)21(16(2)3)25-22(28)18-12-7-6-8-13-18/h6-14,16,21H,5,15H2,1-4H3,(H,24,27)(H,25,28). The lowest BCUT2D eigenvalue weighted by Crippen LogP contribution is -2.51. The number of nitrogens with zero attached hydrogens (tertiary/aromatic N) is 1. The van der Waals surface area contributed by atoms with E-state index in [4.69, 9.17) is 0 Å². The van der Waals surface area contributed by atoms with Crippen molar-refractivity contribution < 1.29 is 14.4 Å². The minimum atomic E-state index is -0.719. The number of nitrogens with one attached hydrogen (secondary N) is 2. The predicted molar refractivity (Wildman–Crippen MR) is 115 cm³/mol. The first kappa shape index (κ1) is 22.1. The maximum Gasteiger partial charge on any atom is 0.251 e. The van der Waals surface area contributed by atoms with Gasteiger partial charge >= 0.3 is 0 Å². The van der Waals surface area contributed by atoms with Crippen molar-refractivity contribution in [3.05, 3.63) is 65.7 Å². The van der Waals surface area contributed by atoms with Gasteiger partial charge in [0.15, 0.2) is 0 Å². The molecule has 0 aliphatic carbocycles. The van der Waals surface area contributed by atoms with E-state index in [9.17, 15) is 14.4 Å². The van der Waals surface area contributed by atoms with Gasteiger partial charge < -0.3 is 15.5 Å². The Morgan fingerprint density at radius 1 is 0.966 bits per heavy atom. The molecule has 0 aromatic heterocycles. The van der Waals surface area contributed by atoms with Crippen molar-refractivity contribution in [3.8, 4) is 0 Å². The van der Waals surface area contributed by atoms with Gasteiger partial charge in [-0.05, 0) is 36.1 Å². The van der Waals surface area contributed by atoms with Crippen LogP contribution in [0.2, 0.25) is 0 Å². The SMILES string of the molecule is CCc1ccccc1NC(=O)CN(C)C(=O)C(NC(=O)c1ccccc1)C(C)C. The molecule has 0 saturated carbocycles.